The number of halogens is 3. The van der Waals surface area contributed by atoms with E-state index in [-0.39, 0.29) is 23.8 Å². The van der Waals surface area contributed by atoms with Gasteiger partial charge in [0, 0.05) is 17.9 Å². The molecule has 35 heavy (non-hydrogen) atoms. The molecule has 0 saturated heterocycles. The van der Waals surface area contributed by atoms with E-state index in [1.807, 2.05) is 32.0 Å². The van der Waals surface area contributed by atoms with Crippen LogP contribution in [-0.4, -0.2) is 32.3 Å². The van der Waals surface area contributed by atoms with Crippen LogP contribution in [0.15, 0.2) is 60.3 Å². The van der Waals surface area contributed by atoms with Crippen LogP contribution in [0.1, 0.15) is 22.5 Å². The average molecular weight is 504 g/mol. The minimum atomic E-state index is -4.51. The maximum Gasteiger partial charge on any atom is 0.416 e. The number of hydrogen-bond donors (Lipinski definition) is 2. The number of amides is 2. The van der Waals surface area contributed by atoms with Crippen LogP contribution in [0.5, 0.6) is 0 Å². The van der Waals surface area contributed by atoms with E-state index in [4.69, 9.17) is 0 Å². The molecule has 1 aromatic heterocycles. The molecule has 0 bridgehead atoms. The van der Waals surface area contributed by atoms with E-state index >= 15 is 0 Å². The summed E-state index contributed by atoms with van der Waals surface area (Å²) in [6, 6.07) is 10.1. The van der Waals surface area contributed by atoms with Gasteiger partial charge in [0.05, 0.1) is 17.7 Å². The Morgan fingerprint density at radius 2 is 1.86 bits per heavy atom. The number of thioether (sulfide) groups is 1. The lowest BCUT2D eigenvalue weighted by Gasteiger charge is -2.11. The first-order chi connectivity index (χ1) is 16.6. The van der Waals surface area contributed by atoms with Gasteiger partial charge in [-0.05, 0) is 43.7 Å². The van der Waals surface area contributed by atoms with Crippen molar-refractivity contribution in [3.63, 3.8) is 0 Å². The SMILES string of the molecule is C=CCn1c(CC(=O)Nc2cccc(C(F)(F)F)c2)nnc1SCC(=O)Nc1ccc(C)cc1C. The van der Waals surface area contributed by atoms with Crippen LogP contribution in [0.25, 0.3) is 0 Å². The highest BCUT2D eigenvalue weighted by atomic mass is 32.2. The molecule has 0 aliphatic rings. The van der Waals surface area contributed by atoms with Crippen LogP contribution in [0.4, 0.5) is 24.5 Å². The molecule has 0 spiro atoms. The van der Waals surface area contributed by atoms with Gasteiger partial charge in [0.25, 0.3) is 0 Å². The van der Waals surface area contributed by atoms with Crippen LogP contribution in [0.3, 0.4) is 0 Å². The molecule has 7 nitrogen and oxygen atoms in total. The van der Waals surface area contributed by atoms with E-state index in [1.165, 1.54) is 12.1 Å². The van der Waals surface area contributed by atoms with Gasteiger partial charge < -0.3 is 15.2 Å². The van der Waals surface area contributed by atoms with Crippen LogP contribution in [0.2, 0.25) is 0 Å². The number of aromatic nitrogens is 3. The summed E-state index contributed by atoms with van der Waals surface area (Å²) < 4.78 is 40.3. The number of nitrogens with zero attached hydrogens (tertiary/aromatic N) is 3. The van der Waals surface area contributed by atoms with Crippen molar-refractivity contribution >= 4 is 35.0 Å². The van der Waals surface area contributed by atoms with Gasteiger partial charge in [0.2, 0.25) is 11.8 Å². The smallest absolute Gasteiger partial charge is 0.326 e. The van der Waals surface area contributed by atoms with Gasteiger partial charge in [-0.15, -0.1) is 16.8 Å². The topological polar surface area (TPSA) is 88.9 Å². The Hall–Kier alpha value is -3.60. The van der Waals surface area contributed by atoms with E-state index in [9.17, 15) is 22.8 Å². The highest BCUT2D eigenvalue weighted by Crippen LogP contribution is 2.30. The molecule has 1 heterocycles. The molecule has 3 aromatic rings. The molecular weight excluding hydrogens is 479 g/mol. The Morgan fingerprint density at radius 1 is 1.09 bits per heavy atom. The van der Waals surface area contributed by atoms with Crippen LogP contribution >= 0.6 is 11.8 Å². The Kier molecular flexibility index (Phi) is 8.34. The Labute approximate surface area is 204 Å². The predicted molar refractivity (Wildman–Crippen MR) is 129 cm³/mol. The van der Waals surface area contributed by atoms with Crippen molar-refractivity contribution in [2.45, 2.75) is 38.1 Å². The molecule has 0 fully saturated rings. The number of nitrogens with one attached hydrogen (secondary N) is 2. The minimum Gasteiger partial charge on any atom is -0.326 e. The summed E-state index contributed by atoms with van der Waals surface area (Å²) in [6.07, 6.45) is -3.13. The van der Waals surface area contributed by atoms with Gasteiger partial charge in [0.15, 0.2) is 5.16 Å². The van der Waals surface area contributed by atoms with Gasteiger partial charge in [-0.3, -0.25) is 9.59 Å². The van der Waals surface area contributed by atoms with Crippen molar-refractivity contribution in [1.29, 1.82) is 0 Å². The summed E-state index contributed by atoms with van der Waals surface area (Å²) in [5.74, 6) is -0.407. The molecular formula is C24H24F3N5O2S. The molecule has 184 valence electrons. The third kappa shape index (κ3) is 7.19. The molecule has 0 saturated carbocycles. The molecule has 3 rings (SSSR count). The zero-order valence-electron chi connectivity index (χ0n) is 19.1. The fraction of sp³-hybridized carbons (Fsp3) is 0.250. The maximum atomic E-state index is 12.9. The molecule has 0 unspecified atom stereocenters. The summed E-state index contributed by atoms with van der Waals surface area (Å²) in [5, 5.41) is 13.8. The van der Waals surface area contributed by atoms with Crippen molar-refractivity contribution in [3.8, 4) is 0 Å². The standard InChI is InChI=1S/C24H24F3N5O2S/c1-4-10-32-20(13-21(33)28-18-7-5-6-17(12-18)24(25,26)27)30-31-23(32)35-14-22(34)29-19-9-8-15(2)11-16(19)3/h4-9,11-12H,1,10,13-14H2,2-3H3,(H,28,33)(H,29,34). The lowest BCUT2D eigenvalue weighted by molar-refractivity contribution is -0.137. The first-order valence-corrected chi connectivity index (χ1v) is 11.6. The monoisotopic (exact) mass is 503 g/mol. The Balaban J connectivity index is 1.64. The van der Waals surface area contributed by atoms with E-state index in [0.717, 1.165) is 40.7 Å². The average Bonchev–Trinajstić information content (AvgIpc) is 3.15. The number of carbonyl (C=O) groups is 2. The molecule has 2 aromatic carbocycles. The molecule has 2 N–H and O–H groups in total. The van der Waals surface area contributed by atoms with Crippen molar-refractivity contribution in [1.82, 2.24) is 14.8 Å². The lowest BCUT2D eigenvalue weighted by Crippen LogP contribution is -2.18. The number of hydrogen-bond acceptors (Lipinski definition) is 5. The highest BCUT2D eigenvalue weighted by Gasteiger charge is 2.30. The maximum absolute atomic E-state index is 12.9. The number of anilines is 2. The first-order valence-electron chi connectivity index (χ1n) is 10.6. The number of benzene rings is 2. The third-order valence-corrected chi connectivity index (χ3v) is 5.85. The largest absolute Gasteiger partial charge is 0.416 e. The molecule has 2 amide bonds. The Morgan fingerprint density at radius 3 is 2.54 bits per heavy atom. The number of carbonyl (C=O) groups excluding carboxylic acids is 2. The van der Waals surface area contributed by atoms with Gasteiger partial charge >= 0.3 is 6.18 Å². The van der Waals surface area contributed by atoms with Crippen LogP contribution in [-0.2, 0) is 28.7 Å². The van der Waals surface area contributed by atoms with E-state index in [0.29, 0.717) is 17.5 Å². The number of alkyl halides is 3. The van der Waals surface area contributed by atoms with E-state index in [1.54, 1.807) is 10.6 Å². The fourth-order valence-electron chi connectivity index (χ4n) is 3.26. The van der Waals surface area contributed by atoms with Crippen molar-refractivity contribution in [2.24, 2.45) is 0 Å². The zero-order chi connectivity index (χ0) is 25.6. The third-order valence-electron chi connectivity index (χ3n) is 4.89. The van der Waals surface area contributed by atoms with Crippen LogP contribution < -0.4 is 10.6 Å². The van der Waals surface area contributed by atoms with Crippen molar-refractivity contribution in [3.05, 3.63) is 77.6 Å². The second-order valence-electron chi connectivity index (χ2n) is 7.76. The van der Waals surface area contributed by atoms with Crippen molar-refractivity contribution in [2.75, 3.05) is 16.4 Å². The fourth-order valence-corrected chi connectivity index (χ4v) is 4.03. The summed E-state index contributed by atoms with van der Waals surface area (Å²) in [6.45, 7) is 7.87. The molecule has 0 atom stereocenters. The van der Waals surface area contributed by atoms with Gasteiger partial charge in [-0.25, -0.2) is 0 Å². The number of aryl methyl sites for hydroxylation is 2. The summed E-state index contributed by atoms with van der Waals surface area (Å²) in [7, 11) is 0. The van der Waals surface area contributed by atoms with Gasteiger partial charge in [-0.2, -0.15) is 13.2 Å². The van der Waals surface area contributed by atoms with Gasteiger partial charge in [0.1, 0.15) is 5.82 Å². The Bertz CT molecular complexity index is 1240. The summed E-state index contributed by atoms with van der Waals surface area (Å²) in [5.41, 5.74) is 1.94. The highest BCUT2D eigenvalue weighted by molar-refractivity contribution is 7.99. The van der Waals surface area contributed by atoms with E-state index < -0.39 is 17.6 Å². The van der Waals surface area contributed by atoms with Crippen LogP contribution in [0, 0.1) is 13.8 Å². The second-order valence-corrected chi connectivity index (χ2v) is 8.70. The minimum absolute atomic E-state index is 0.0253. The first kappa shape index (κ1) is 26.0. The normalized spacial score (nSPS) is 11.2. The number of allylic oxidation sites excluding steroid dienone is 1. The lowest BCUT2D eigenvalue weighted by atomic mass is 10.1. The summed E-state index contributed by atoms with van der Waals surface area (Å²) >= 11 is 1.15. The summed E-state index contributed by atoms with van der Waals surface area (Å²) in [4.78, 5) is 24.9. The zero-order valence-corrected chi connectivity index (χ0v) is 20.0. The predicted octanol–water partition coefficient (Wildman–Crippen LogP) is 5.01. The molecule has 0 aliphatic heterocycles. The second kappa shape index (κ2) is 11.2. The van der Waals surface area contributed by atoms with E-state index in [2.05, 4.69) is 27.4 Å². The van der Waals surface area contributed by atoms with Crippen molar-refractivity contribution < 1.29 is 22.8 Å². The van der Waals surface area contributed by atoms with Gasteiger partial charge in [-0.1, -0.05) is 41.6 Å². The molecule has 0 radical (unpaired) electrons. The molecule has 0 aliphatic carbocycles. The quantitative estimate of drug-likeness (QED) is 0.317. The number of rotatable bonds is 9. The molecule has 11 heteroatoms.